The molecule has 0 fully saturated rings. The Morgan fingerprint density at radius 2 is 2.15 bits per heavy atom. The average Bonchev–Trinajstić information content (AvgIpc) is 2.78. The summed E-state index contributed by atoms with van der Waals surface area (Å²) in [4.78, 5) is 14.0. The summed E-state index contributed by atoms with van der Waals surface area (Å²) in [6, 6.07) is 6.14. The van der Waals surface area contributed by atoms with Crippen molar-refractivity contribution in [1.82, 2.24) is 0 Å². The van der Waals surface area contributed by atoms with Crippen LogP contribution in [0.15, 0.2) is 18.2 Å². The van der Waals surface area contributed by atoms with E-state index in [1.807, 2.05) is 32.9 Å². The summed E-state index contributed by atoms with van der Waals surface area (Å²) in [7, 11) is 0. The van der Waals surface area contributed by atoms with Gasteiger partial charge in [-0.15, -0.1) is 0 Å². The number of rotatable bonds is 3. The number of amides is 1. The molecule has 0 spiro atoms. The number of nitrogens with zero attached hydrogens (tertiary/aromatic N) is 1. The first-order valence-electron chi connectivity index (χ1n) is 7.24. The SMILES string of the molecule is CC(C)(C)OC(=O)N1CCc2c(CCCN)cccc21. The van der Waals surface area contributed by atoms with E-state index in [0.29, 0.717) is 13.1 Å². The van der Waals surface area contributed by atoms with E-state index in [0.717, 1.165) is 24.9 Å². The molecule has 0 saturated heterocycles. The number of fused-ring (bicyclic) bond motifs is 1. The molecule has 1 amide bonds. The van der Waals surface area contributed by atoms with Crippen LogP contribution in [0, 0.1) is 0 Å². The van der Waals surface area contributed by atoms with E-state index in [1.165, 1.54) is 11.1 Å². The second kappa shape index (κ2) is 5.83. The van der Waals surface area contributed by atoms with Crippen LogP contribution in [0.5, 0.6) is 0 Å². The lowest BCUT2D eigenvalue weighted by atomic mass is 10.0. The highest BCUT2D eigenvalue weighted by molar-refractivity contribution is 5.90. The van der Waals surface area contributed by atoms with E-state index >= 15 is 0 Å². The summed E-state index contributed by atoms with van der Waals surface area (Å²) in [5.41, 5.74) is 8.69. The highest BCUT2D eigenvalue weighted by Crippen LogP contribution is 2.32. The molecule has 1 aromatic rings. The lowest BCUT2D eigenvalue weighted by molar-refractivity contribution is 0.0584. The van der Waals surface area contributed by atoms with Gasteiger partial charge in [-0.25, -0.2) is 4.79 Å². The maximum absolute atomic E-state index is 12.2. The van der Waals surface area contributed by atoms with Crippen LogP contribution in [0.3, 0.4) is 0 Å². The van der Waals surface area contributed by atoms with Gasteiger partial charge in [-0.2, -0.15) is 0 Å². The fraction of sp³-hybridized carbons (Fsp3) is 0.562. The van der Waals surface area contributed by atoms with Gasteiger partial charge in [-0.3, -0.25) is 4.90 Å². The number of carbonyl (C=O) groups excluding carboxylic acids is 1. The first kappa shape index (κ1) is 14.9. The number of hydrogen-bond donors (Lipinski definition) is 1. The monoisotopic (exact) mass is 276 g/mol. The summed E-state index contributed by atoms with van der Waals surface area (Å²) in [6.07, 6.45) is 2.59. The molecular weight excluding hydrogens is 252 g/mol. The molecule has 0 atom stereocenters. The van der Waals surface area contributed by atoms with Crippen molar-refractivity contribution in [3.05, 3.63) is 29.3 Å². The first-order valence-corrected chi connectivity index (χ1v) is 7.24. The van der Waals surface area contributed by atoms with Gasteiger partial charge in [-0.1, -0.05) is 12.1 Å². The van der Waals surface area contributed by atoms with Crippen molar-refractivity contribution < 1.29 is 9.53 Å². The van der Waals surface area contributed by atoms with Crippen molar-refractivity contribution in [2.75, 3.05) is 18.0 Å². The van der Waals surface area contributed by atoms with Gasteiger partial charge in [0, 0.05) is 6.54 Å². The fourth-order valence-electron chi connectivity index (χ4n) is 2.54. The molecule has 1 aliphatic rings. The van der Waals surface area contributed by atoms with Gasteiger partial charge in [0.15, 0.2) is 0 Å². The minimum absolute atomic E-state index is 0.257. The summed E-state index contributed by atoms with van der Waals surface area (Å²) in [6.45, 7) is 7.06. The second-order valence-corrected chi connectivity index (χ2v) is 6.19. The number of nitrogens with two attached hydrogens (primary N) is 1. The van der Waals surface area contributed by atoms with Crippen molar-refractivity contribution in [3.63, 3.8) is 0 Å². The summed E-state index contributed by atoms with van der Waals surface area (Å²) >= 11 is 0. The Morgan fingerprint density at radius 3 is 2.80 bits per heavy atom. The number of benzene rings is 1. The highest BCUT2D eigenvalue weighted by atomic mass is 16.6. The zero-order valence-electron chi connectivity index (χ0n) is 12.6. The van der Waals surface area contributed by atoms with Crippen LogP contribution in [0.2, 0.25) is 0 Å². The van der Waals surface area contributed by atoms with Gasteiger partial charge < -0.3 is 10.5 Å². The third-order valence-corrected chi connectivity index (χ3v) is 3.39. The number of aryl methyl sites for hydroxylation is 1. The topological polar surface area (TPSA) is 55.6 Å². The van der Waals surface area contributed by atoms with Crippen molar-refractivity contribution in [2.45, 2.75) is 45.6 Å². The van der Waals surface area contributed by atoms with Crippen LogP contribution in [0.4, 0.5) is 10.5 Å². The Hall–Kier alpha value is -1.55. The summed E-state index contributed by atoms with van der Waals surface area (Å²) in [5.74, 6) is 0. The van der Waals surface area contributed by atoms with Crippen LogP contribution in [-0.4, -0.2) is 24.8 Å². The maximum Gasteiger partial charge on any atom is 0.414 e. The summed E-state index contributed by atoms with van der Waals surface area (Å²) < 4.78 is 5.47. The van der Waals surface area contributed by atoms with Crippen LogP contribution in [0.1, 0.15) is 38.3 Å². The molecule has 1 aliphatic heterocycles. The van der Waals surface area contributed by atoms with E-state index in [-0.39, 0.29) is 6.09 Å². The second-order valence-electron chi connectivity index (χ2n) is 6.19. The van der Waals surface area contributed by atoms with Crippen molar-refractivity contribution in [3.8, 4) is 0 Å². The van der Waals surface area contributed by atoms with Crippen LogP contribution < -0.4 is 10.6 Å². The van der Waals surface area contributed by atoms with E-state index < -0.39 is 5.60 Å². The molecule has 110 valence electrons. The summed E-state index contributed by atoms with van der Waals surface area (Å²) in [5, 5.41) is 0. The molecule has 0 radical (unpaired) electrons. The Balaban J connectivity index is 2.18. The van der Waals surface area contributed by atoms with Crippen molar-refractivity contribution in [2.24, 2.45) is 5.73 Å². The zero-order valence-corrected chi connectivity index (χ0v) is 12.6. The molecule has 20 heavy (non-hydrogen) atoms. The van der Waals surface area contributed by atoms with Crippen molar-refractivity contribution >= 4 is 11.8 Å². The fourth-order valence-corrected chi connectivity index (χ4v) is 2.54. The molecule has 1 aromatic carbocycles. The minimum atomic E-state index is -0.461. The standard InChI is InChI=1S/C16H24N2O2/c1-16(2,3)20-15(19)18-11-9-13-12(7-5-10-17)6-4-8-14(13)18/h4,6,8H,5,7,9-11,17H2,1-3H3. The third kappa shape index (κ3) is 3.31. The van der Waals surface area contributed by atoms with Crippen LogP contribution in [-0.2, 0) is 17.6 Å². The molecule has 2 N–H and O–H groups in total. The lowest BCUT2D eigenvalue weighted by Gasteiger charge is -2.24. The molecule has 0 aliphatic carbocycles. The number of anilines is 1. The van der Waals surface area contributed by atoms with Gasteiger partial charge in [0.1, 0.15) is 5.60 Å². The van der Waals surface area contributed by atoms with Gasteiger partial charge in [0.05, 0.1) is 5.69 Å². The first-order chi connectivity index (χ1) is 9.42. The number of hydrogen-bond acceptors (Lipinski definition) is 3. The molecule has 4 nitrogen and oxygen atoms in total. The molecule has 2 rings (SSSR count). The Morgan fingerprint density at radius 1 is 1.40 bits per heavy atom. The molecule has 1 heterocycles. The van der Waals surface area contributed by atoms with Crippen molar-refractivity contribution in [1.29, 1.82) is 0 Å². The zero-order chi connectivity index (χ0) is 14.8. The van der Waals surface area contributed by atoms with E-state index in [2.05, 4.69) is 6.07 Å². The lowest BCUT2D eigenvalue weighted by Crippen LogP contribution is -2.35. The third-order valence-electron chi connectivity index (χ3n) is 3.39. The quantitative estimate of drug-likeness (QED) is 0.923. The van der Waals surface area contributed by atoms with Gasteiger partial charge in [-0.05, 0) is 63.8 Å². The van der Waals surface area contributed by atoms with Crippen LogP contribution in [0.25, 0.3) is 0 Å². The number of ether oxygens (including phenoxy) is 1. The molecule has 0 aromatic heterocycles. The minimum Gasteiger partial charge on any atom is -0.443 e. The Labute approximate surface area is 120 Å². The Kier molecular flexibility index (Phi) is 4.33. The molecule has 0 bridgehead atoms. The van der Waals surface area contributed by atoms with E-state index in [9.17, 15) is 4.79 Å². The molecule has 4 heteroatoms. The molecule has 0 saturated carbocycles. The average molecular weight is 276 g/mol. The van der Waals surface area contributed by atoms with E-state index in [4.69, 9.17) is 10.5 Å². The van der Waals surface area contributed by atoms with Gasteiger partial charge >= 0.3 is 6.09 Å². The highest BCUT2D eigenvalue weighted by Gasteiger charge is 2.29. The maximum atomic E-state index is 12.2. The van der Waals surface area contributed by atoms with Crippen LogP contribution >= 0.6 is 0 Å². The van der Waals surface area contributed by atoms with Gasteiger partial charge in [0.25, 0.3) is 0 Å². The normalized spacial score (nSPS) is 14.3. The largest absolute Gasteiger partial charge is 0.443 e. The van der Waals surface area contributed by atoms with Gasteiger partial charge in [0.2, 0.25) is 0 Å². The molecule has 0 unspecified atom stereocenters. The molecular formula is C16H24N2O2. The number of carbonyl (C=O) groups is 1. The van der Waals surface area contributed by atoms with E-state index in [1.54, 1.807) is 4.90 Å². The predicted molar refractivity (Wildman–Crippen MR) is 81.1 cm³/mol. The Bertz CT molecular complexity index is 492. The smallest absolute Gasteiger partial charge is 0.414 e. The predicted octanol–water partition coefficient (Wildman–Crippen LogP) is 2.88.